The van der Waals surface area contributed by atoms with Gasteiger partial charge in [-0.1, -0.05) is 6.92 Å². The minimum absolute atomic E-state index is 0.0581. The molecule has 2 aromatic rings. The smallest absolute Gasteiger partial charge is 0.271 e. The monoisotopic (exact) mass is 363 g/mol. The molecule has 138 valence electrons. The third-order valence-corrected chi connectivity index (χ3v) is 3.28. The summed E-state index contributed by atoms with van der Waals surface area (Å²) in [6.45, 7) is 0.781. The highest BCUT2D eigenvalue weighted by Crippen LogP contribution is 2.20. The number of anilines is 3. The van der Waals surface area contributed by atoms with Gasteiger partial charge < -0.3 is 26.8 Å². The fourth-order valence-electron chi connectivity index (χ4n) is 2.01. The number of amides is 2. The van der Waals surface area contributed by atoms with Crippen LogP contribution in [0.4, 0.5) is 21.7 Å². The number of aromatic nitrogens is 3. The molecule has 0 aliphatic rings. The van der Waals surface area contributed by atoms with Crippen LogP contribution in [0.3, 0.4) is 0 Å². The van der Waals surface area contributed by atoms with E-state index < -0.39 is 24.7 Å². The fourth-order valence-corrected chi connectivity index (χ4v) is 2.01. The highest BCUT2D eigenvalue weighted by atomic mass is 19.1. The largest absolute Gasteiger partial charge is 0.446 e. The SMILES string of the molecule is CC[C@@H](Nc1cnc(C(N)=O)c(Nc2ccc(OCF)nc2)n1)C(N)=O. The van der Waals surface area contributed by atoms with Crippen molar-refractivity contribution in [2.75, 3.05) is 17.5 Å². The second kappa shape index (κ2) is 8.55. The number of nitrogens with one attached hydrogen (secondary N) is 2. The quantitative estimate of drug-likeness (QED) is 0.506. The third-order valence-electron chi connectivity index (χ3n) is 3.28. The van der Waals surface area contributed by atoms with Gasteiger partial charge in [0.1, 0.15) is 11.9 Å². The van der Waals surface area contributed by atoms with Gasteiger partial charge in [-0.25, -0.2) is 19.3 Å². The zero-order valence-electron chi connectivity index (χ0n) is 13.9. The van der Waals surface area contributed by atoms with Gasteiger partial charge in [-0.05, 0) is 12.5 Å². The normalized spacial score (nSPS) is 11.5. The van der Waals surface area contributed by atoms with Crippen molar-refractivity contribution in [3.63, 3.8) is 0 Å². The lowest BCUT2D eigenvalue weighted by atomic mass is 10.2. The van der Waals surface area contributed by atoms with E-state index in [2.05, 4.69) is 30.3 Å². The second-order valence-corrected chi connectivity index (χ2v) is 5.09. The van der Waals surface area contributed by atoms with Gasteiger partial charge in [-0.3, -0.25) is 9.59 Å². The molecule has 0 unspecified atom stereocenters. The van der Waals surface area contributed by atoms with Crippen LogP contribution in [0.2, 0.25) is 0 Å². The molecular weight excluding hydrogens is 345 g/mol. The maximum absolute atomic E-state index is 12.1. The van der Waals surface area contributed by atoms with Gasteiger partial charge in [0.05, 0.1) is 18.1 Å². The van der Waals surface area contributed by atoms with Gasteiger partial charge in [0.2, 0.25) is 18.6 Å². The van der Waals surface area contributed by atoms with Crippen molar-refractivity contribution in [3.8, 4) is 5.88 Å². The molecule has 11 heteroatoms. The topological polar surface area (TPSA) is 158 Å². The maximum Gasteiger partial charge on any atom is 0.271 e. The van der Waals surface area contributed by atoms with Crippen molar-refractivity contribution in [1.29, 1.82) is 0 Å². The van der Waals surface area contributed by atoms with Crippen LogP contribution in [-0.2, 0) is 4.79 Å². The van der Waals surface area contributed by atoms with E-state index >= 15 is 0 Å². The summed E-state index contributed by atoms with van der Waals surface area (Å²) in [7, 11) is 0. The number of carbonyl (C=O) groups is 2. The van der Waals surface area contributed by atoms with E-state index in [1.54, 1.807) is 13.0 Å². The predicted molar refractivity (Wildman–Crippen MR) is 91.6 cm³/mol. The first-order valence-corrected chi connectivity index (χ1v) is 7.59. The Morgan fingerprint density at radius 1 is 1.27 bits per heavy atom. The standard InChI is InChI=1S/C15H18FN7O3/c1-2-9(13(17)24)22-10-6-20-12(14(18)25)15(23-10)21-8-3-4-11(19-5-8)26-7-16/h3-6,9H,2,7H2,1H3,(H2,17,24)(H2,18,25)(H2,21,22,23)/t9-/m1/s1. The maximum atomic E-state index is 12.1. The van der Waals surface area contributed by atoms with Crippen LogP contribution in [0.1, 0.15) is 23.8 Å². The van der Waals surface area contributed by atoms with E-state index in [1.807, 2.05) is 0 Å². The molecule has 2 aromatic heterocycles. The molecule has 0 radical (unpaired) electrons. The van der Waals surface area contributed by atoms with E-state index in [1.165, 1.54) is 18.5 Å². The van der Waals surface area contributed by atoms with Gasteiger partial charge in [-0.15, -0.1) is 0 Å². The molecular formula is C15H18FN7O3. The summed E-state index contributed by atoms with van der Waals surface area (Å²) in [5.74, 6) is -0.951. The molecule has 0 bridgehead atoms. The number of primary amides is 2. The van der Waals surface area contributed by atoms with E-state index in [-0.39, 0.29) is 23.2 Å². The van der Waals surface area contributed by atoms with Crippen LogP contribution in [0.25, 0.3) is 0 Å². The number of ether oxygens (including phenoxy) is 1. The van der Waals surface area contributed by atoms with E-state index in [0.717, 1.165) is 0 Å². The first-order valence-electron chi connectivity index (χ1n) is 7.59. The van der Waals surface area contributed by atoms with Gasteiger partial charge in [-0.2, -0.15) is 0 Å². The fraction of sp³-hybridized carbons (Fsp3) is 0.267. The van der Waals surface area contributed by atoms with E-state index in [4.69, 9.17) is 11.5 Å². The first kappa shape index (κ1) is 18.8. The molecule has 0 aromatic carbocycles. The van der Waals surface area contributed by atoms with Crippen molar-refractivity contribution >= 4 is 29.1 Å². The Morgan fingerprint density at radius 2 is 2.04 bits per heavy atom. The number of halogens is 1. The molecule has 1 atom stereocenters. The van der Waals surface area contributed by atoms with Gasteiger partial charge >= 0.3 is 0 Å². The molecule has 2 heterocycles. The molecule has 0 saturated heterocycles. The molecule has 0 aliphatic heterocycles. The Labute approximate surface area is 148 Å². The first-order chi connectivity index (χ1) is 12.4. The molecule has 0 aliphatic carbocycles. The Balaban J connectivity index is 2.27. The molecule has 0 spiro atoms. The summed E-state index contributed by atoms with van der Waals surface area (Å²) >= 11 is 0. The van der Waals surface area contributed by atoms with Crippen molar-refractivity contribution in [3.05, 3.63) is 30.2 Å². The summed E-state index contributed by atoms with van der Waals surface area (Å²) in [5, 5.41) is 5.67. The van der Waals surface area contributed by atoms with Crippen LogP contribution >= 0.6 is 0 Å². The van der Waals surface area contributed by atoms with Gasteiger partial charge in [0.25, 0.3) is 5.91 Å². The minimum Gasteiger partial charge on any atom is -0.446 e. The molecule has 2 amide bonds. The van der Waals surface area contributed by atoms with Crippen LogP contribution in [0.5, 0.6) is 5.88 Å². The lowest BCUT2D eigenvalue weighted by Gasteiger charge is -2.15. The lowest BCUT2D eigenvalue weighted by molar-refractivity contribution is -0.118. The van der Waals surface area contributed by atoms with E-state index in [9.17, 15) is 14.0 Å². The van der Waals surface area contributed by atoms with Crippen LogP contribution in [0.15, 0.2) is 24.5 Å². The zero-order chi connectivity index (χ0) is 19.1. The molecule has 10 nitrogen and oxygen atoms in total. The van der Waals surface area contributed by atoms with Gasteiger partial charge in [0.15, 0.2) is 11.5 Å². The Hall–Kier alpha value is -3.50. The molecule has 6 N–H and O–H groups in total. The number of pyridine rings is 1. The highest BCUT2D eigenvalue weighted by molar-refractivity contribution is 5.96. The number of rotatable bonds is 9. The highest BCUT2D eigenvalue weighted by Gasteiger charge is 2.17. The minimum atomic E-state index is -0.997. The summed E-state index contributed by atoms with van der Waals surface area (Å²) in [6.07, 6.45) is 3.07. The van der Waals surface area contributed by atoms with Crippen LogP contribution in [-0.4, -0.2) is 39.7 Å². The summed E-state index contributed by atoms with van der Waals surface area (Å²) in [6, 6.07) is 2.33. The van der Waals surface area contributed by atoms with E-state index in [0.29, 0.717) is 12.1 Å². The Morgan fingerprint density at radius 3 is 2.58 bits per heavy atom. The zero-order valence-corrected chi connectivity index (χ0v) is 13.9. The number of nitrogens with two attached hydrogens (primary N) is 2. The van der Waals surface area contributed by atoms with Crippen molar-refractivity contribution in [2.45, 2.75) is 19.4 Å². The number of alkyl halides is 1. The second-order valence-electron chi connectivity index (χ2n) is 5.09. The number of hydrogen-bond donors (Lipinski definition) is 4. The average molecular weight is 363 g/mol. The van der Waals surface area contributed by atoms with Crippen molar-refractivity contribution in [1.82, 2.24) is 15.0 Å². The Bertz CT molecular complexity index is 785. The Kier molecular flexibility index (Phi) is 6.20. The molecule has 0 saturated carbocycles. The third kappa shape index (κ3) is 4.75. The van der Waals surface area contributed by atoms with Crippen molar-refractivity contribution in [2.24, 2.45) is 11.5 Å². The van der Waals surface area contributed by atoms with Crippen LogP contribution in [0, 0.1) is 0 Å². The molecule has 26 heavy (non-hydrogen) atoms. The summed E-state index contributed by atoms with van der Waals surface area (Å²) in [5.41, 5.74) is 10.9. The lowest BCUT2D eigenvalue weighted by Crippen LogP contribution is -2.35. The molecule has 0 fully saturated rings. The summed E-state index contributed by atoms with van der Waals surface area (Å²) < 4.78 is 16.7. The molecule has 2 rings (SSSR count). The number of carbonyl (C=O) groups excluding carboxylic acids is 2. The van der Waals surface area contributed by atoms with Crippen molar-refractivity contribution < 1.29 is 18.7 Å². The average Bonchev–Trinajstić information content (AvgIpc) is 2.61. The number of nitrogens with zero attached hydrogens (tertiary/aromatic N) is 3. The van der Waals surface area contributed by atoms with Gasteiger partial charge in [0, 0.05) is 6.07 Å². The summed E-state index contributed by atoms with van der Waals surface area (Å²) in [4.78, 5) is 34.9. The number of hydrogen-bond acceptors (Lipinski definition) is 8. The predicted octanol–water partition coefficient (Wildman–Crippen LogP) is 0.696. The van der Waals surface area contributed by atoms with Crippen LogP contribution < -0.4 is 26.8 Å².